The first-order valence-electron chi connectivity index (χ1n) is 11.8. The fraction of sp³-hybridized carbons (Fsp3) is 0.310. The van der Waals surface area contributed by atoms with Gasteiger partial charge in [0.15, 0.2) is 0 Å². The van der Waals surface area contributed by atoms with E-state index in [9.17, 15) is 14.7 Å². The molecule has 3 rings (SSSR count). The molecule has 3 aromatic carbocycles. The van der Waals surface area contributed by atoms with E-state index in [1.807, 2.05) is 101 Å². The van der Waals surface area contributed by atoms with Crippen LogP contribution in [0, 0.1) is 13.8 Å². The van der Waals surface area contributed by atoms with E-state index in [1.54, 1.807) is 22.9 Å². The van der Waals surface area contributed by atoms with E-state index in [0.29, 0.717) is 24.3 Å². The number of thioether (sulfide) groups is 1. The van der Waals surface area contributed by atoms with Gasteiger partial charge < -0.3 is 10.4 Å². The van der Waals surface area contributed by atoms with Gasteiger partial charge in [-0.3, -0.25) is 9.63 Å². The number of benzene rings is 3. The van der Waals surface area contributed by atoms with Crippen LogP contribution < -0.4 is 5.32 Å². The van der Waals surface area contributed by atoms with Gasteiger partial charge in [0.1, 0.15) is 6.04 Å². The van der Waals surface area contributed by atoms with Crippen molar-refractivity contribution in [3.8, 4) is 11.1 Å². The molecular formula is C29H36N2O4S. The molecule has 2 N–H and O–H groups in total. The zero-order valence-electron chi connectivity index (χ0n) is 21.7. The lowest BCUT2D eigenvalue weighted by atomic mass is 9.94. The SMILES string of the molecule is CN(C)OCc1ccccc1.CSCCC(NC(=O)c1ccc(C)cc1-c1ccccc1C)C(=O)O. The van der Waals surface area contributed by atoms with Crippen molar-refractivity contribution >= 4 is 23.6 Å². The molecule has 0 saturated carbocycles. The second kappa shape index (κ2) is 15.1. The van der Waals surface area contributed by atoms with Gasteiger partial charge in [0.05, 0.1) is 6.61 Å². The number of carboxylic acids is 1. The Balaban J connectivity index is 0.000000346. The lowest BCUT2D eigenvalue weighted by molar-refractivity contribution is -0.139. The van der Waals surface area contributed by atoms with E-state index in [-0.39, 0.29) is 5.91 Å². The maximum atomic E-state index is 12.8. The summed E-state index contributed by atoms with van der Waals surface area (Å²) in [4.78, 5) is 29.4. The number of amides is 1. The van der Waals surface area contributed by atoms with E-state index >= 15 is 0 Å². The number of nitrogens with one attached hydrogen (secondary N) is 1. The Labute approximate surface area is 218 Å². The number of hydroxylamine groups is 2. The summed E-state index contributed by atoms with van der Waals surface area (Å²) in [6.07, 6.45) is 2.31. The number of nitrogens with zero attached hydrogens (tertiary/aromatic N) is 1. The third-order valence-corrected chi connectivity index (χ3v) is 6.05. The number of aryl methyl sites for hydroxylation is 2. The molecule has 7 heteroatoms. The van der Waals surface area contributed by atoms with Crippen LogP contribution in [0.5, 0.6) is 0 Å². The summed E-state index contributed by atoms with van der Waals surface area (Å²) in [5.41, 5.74) is 5.61. The largest absolute Gasteiger partial charge is 0.480 e. The number of aliphatic carboxylic acids is 1. The highest BCUT2D eigenvalue weighted by molar-refractivity contribution is 7.98. The van der Waals surface area contributed by atoms with Crippen molar-refractivity contribution in [2.45, 2.75) is 32.9 Å². The topological polar surface area (TPSA) is 78.9 Å². The Morgan fingerprint density at radius 1 is 0.972 bits per heavy atom. The number of carbonyl (C=O) groups is 2. The minimum Gasteiger partial charge on any atom is -0.480 e. The van der Waals surface area contributed by atoms with Gasteiger partial charge in [0.25, 0.3) is 5.91 Å². The minimum absolute atomic E-state index is 0.355. The summed E-state index contributed by atoms with van der Waals surface area (Å²) >= 11 is 1.56. The van der Waals surface area contributed by atoms with Gasteiger partial charge >= 0.3 is 5.97 Å². The lowest BCUT2D eigenvalue weighted by Gasteiger charge is -2.17. The van der Waals surface area contributed by atoms with E-state index in [2.05, 4.69) is 5.32 Å². The molecule has 0 heterocycles. The molecule has 0 saturated heterocycles. The van der Waals surface area contributed by atoms with Crippen LogP contribution in [0.4, 0.5) is 0 Å². The van der Waals surface area contributed by atoms with Gasteiger partial charge in [-0.1, -0.05) is 72.3 Å². The quantitative estimate of drug-likeness (QED) is 0.348. The molecule has 0 fully saturated rings. The molecule has 0 aliphatic rings. The second-order valence-electron chi connectivity index (χ2n) is 8.58. The number of rotatable bonds is 10. The van der Waals surface area contributed by atoms with E-state index in [1.165, 1.54) is 5.56 Å². The predicted octanol–water partition coefficient (Wildman–Crippen LogP) is 5.59. The van der Waals surface area contributed by atoms with Crippen LogP contribution in [-0.2, 0) is 16.2 Å². The average Bonchev–Trinajstić information content (AvgIpc) is 2.86. The fourth-order valence-corrected chi connectivity index (χ4v) is 3.93. The zero-order chi connectivity index (χ0) is 26.5. The van der Waals surface area contributed by atoms with Gasteiger partial charge in [-0.25, -0.2) is 4.79 Å². The molecule has 3 aromatic rings. The van der Waals surface area contributed by atoms with E-state index < -0.39 is 12.0 Å². The summed E-state index contributed by atoms with van der Waals surface area (Å²) < 4.78 is 0. The van der Waals surface area contributed by atoms with Gasteiger partial charge in [0.2, 0.25) is 0 Å². The maximum absolute atomic E-state index is 12.8. The first-order chi connectivity index (χ1) is 17.2. The zero-order valence-corrected chi connectivity index (χ0v) is 22.5. The van der Waals surface area contributed by atoms with Crippen molar-refractivity contribution in [3.63, 3.8) is 0 Å². The maximum Gasteiger partial charge on any atom is 0.326 e. The second-order valence-corrected chi connectivity index (χ2v) is 9.57. The molecular weight excluding hydrogens is 472 g/mol. The fourth-order valence-electron chi connectivity index (χ4n) is 3.46. The molecule has 36 heavy (non-hydrogen) atoms. The average molecular weight is 509 g/mol. The van der Waals surface area contributed by atoms with E-state index in [4.69, 9.17) is 4.84 Å². The highest BCUT2D eigenvalue weighted by Crippen LogP contribution is 2.28. The van der Waals surface area contributed by atoms with Crippen LogP contribution in [0.2, 0.25) is 0 Å². The summed E-state index contributed by atoms with van der Waals surface area (Å²) in [7, 11) is 3.76. The number of hydrogen-bond donors (Lipinski definition) is 2. The standard InChI is InChI=1S/C20H23NO3S.C9H13NO/c1-13-8-9-16(17(12-13)15-7-5-4-6-14(15)2)19(22)21-18(20(23)24)10-11-25-3;1-10(2)11-8-9-6-4-3-5-7-9/h4-9,12,18H,10-11H2,1-3H3,(H,21,22)(H,23,24);3-7H,8H2,1-2H3. The van der Waals surface area contributed by atoms with Crippen molar-refractivity contribution in [1.82, 2.24) is 10.4 Å². The van der Waals surface area contributed by atoms with Crippen molar-refractivity contribution in [3.05, 3.63) is 95.1 Å². The monoisotopic (exact) mass is 508 g/mol. The molecule has 0 aliphatic heterocycles. The molecule has 0 spiro atoms. The summed E-state index contributed by atoms with van der Waals surface area (Å²) in [6, 6.07) is 22.7. The summed E-state index contributed by atoms with van der Waals surface area (Å²) in [5.74, 6) is -0.686. The molecule has 1 amide bonds. The molecule has 0 aromatic heterocycles. The van der Waals surface area contributed by atoms with Crippen molar-refractivity contribution in [2.75, 3.05) is 26.1 Å². The van der Waals surface area contributed by atoms with Crippen LogP contribution >= 0.6 is 11.8 Å². The molecule has 192 valence electrons. The van der Waals surface area contributed by atoms with Gasteiger partial charge in [-0.15, -0.1) is 0 Å². The van der Waals surface area contributed by atoms with Gasteiger partial charge in [0, 0.05) is 19.7 Å². The number of carboxylic acid groups (broad SMARTS) is 1. The molecule has 1 unspecified atom stereocenters. The van der Waals surface area contributed by atoms with Crippen molar-refractivity contribution in [2.24, 2.45) is 0 Å². The van der Waals surface area contributed by atoms with Crippen LogP contribution in [0.1, 0.15) is 33.5 Å². The number of carbonyl (C=O) groups excluding carboxylic acids is 1. The van der Waals surface area contributed by atoms with Crippen LogP contribution in [0.3, 0.4) is 0 Å². The molecule has 1 atom stereocenters. The molecule has 0 radical (unpaired) electrons. The van der Waals surface area contributed by atoms with Gasteiger partial charge in [-0.2, -0.15) is 16.8 Å². The van der Waals surface area contributed by atoms with Crippen molar-refractivity contribution in [1.29, 1.82) is 0 Å². The minimum atomic E-state index is -1.01. The highest BCUT2D eigenvalue weighted by atomic mass is 32.2. The summed E-state index contributed by atoms with van der Waals surface area (Å²) in [5, 5.41) is 13.7. The summed E-state index contributed by atoms with van der Waals surface area (Å²) in [6.45, 7) is 4.62. The Kier molecular flexibility index (Phi) is 12.2. The molecule has 0 aliphatic carbocycles. The molecule has 6 nitrogen and oxygen atoms in total. The Morgan fingerprint density at radius 2 is 1.64 bits per heavy atom. The smallest absolute Gasteiger partial charge is 0.326 e. The highest BCUT2D eigenvalue weighted by Gasteiger charge is 2.22. The third-order valence-electron chi connectivity index (χ3n) is 5.40. The predicted molar refractivity (Wildman–Crippen MR) is 148 cm³/mol. The Hall–Kier alpha value is -3.13. The van der Waals surface area contributed by atoms with Crippen LogP contribution in [-0.4, -0.2) is 54.2 Å². The molecule has 0 bridgehead atoms. The normalized spacial score (nSPS) is 11.4. The van der Waals surface area contributed by atoms with E-state index in [0.717, 1.165) is 22.3 Å². The first kappa shape index (κ1) is 29.1. The van der Waals surface area contributed by atoms with Crippen LogP contribution in [0.15, 0.2) is 72.8 Å². The number of hydrogen-bond acceptors (Lipinski definition) is 5. The van der Waals surface area contributed by atoms with Crippen molar-refractivity contribution < 1.29 is 19.5 Å². The Morgan fingerprint density at radius 3 is 2.25 bits per heavy atom. The van der Waals surface area contributed by atoms with Gasteiger partial charge in [-0.05, 0) is 60.6 Å². The lowest BCUT2D eigenvalue weighted by Crippen LogP contribution is -2.41. The third kappa shape index (κ3) is 9.49. The first-order valence-corrected chi connectivity index (χ1v) is 13.2. The Bertz CT molecular complexity index is 1120. The van der Waals surface area contributed by atoms with Crippen LogP contribution in [0.25, 0.3) is 11.1 Å².